The van der Waals surface area contributed by atoms with Crippen molar-refractivity contribution in [3.8, 4) is 11.3 Å². The van der Waals surface area contributed by atoms with E-state index in [1.165, 1.54) is 6.42 Å². The minimum absolute atomic E-state index is 0.175. The molecule has 3 heterocycles. The molecular formula is C21H26N4O. The molecule has 4 rings (SSSR count). The van der Waals surface area contributed by atoms with Crippen molar-refractivity contribution in [3.05, 3.63) is 42.9 Å². The Morgan fingerprint density at radius 3 is 2.42 bits per heavy atom. The summed E-state index contributed by atoms with van der Waals surface area (Å²) in [5.74, 6) is 0.547. The predicted molar refractivity (Wildman–Crippen MR) is 103 cm³/mol. The zero-order chi connectivity index (χ0) is 17.8. The molecule has 26 heavy (non-hydrogen) atoms. The van der Waals surface area contributed by atoms with E-state index in [-0.39, 0.29) is 5.92 Å². The molecule has 2 aliphatic heterocycles. The zero-order valence-electron chi connectivity index (χ0n) is 15.2. The number of anilines is 1. The van der Waals surface area contributed by atoms with Gasteiger partial charge < -0.3 is 9.80 Å². The summed E-state index contributed by atoms with van der Waals surface area (Å²) in [7, 11) is 0. The summed E-state index contributed by atoms with van der Waals surface area (Å²) in [6.07, 6.45) is 8.93. The van der Waals surface area contributed by atoms with Gasteiger partial charge in [-0.25, -0.2) is 9.97 Å². The van der Waals surface area contributed by atoms with Crippen LogP contribution in [-0.4, -0.2) is 47.0 Å². The number of hydrogen-bond acceptors (Lipinski definition) is 4. The molecule has 2 fully saturated rings. The molecule has 5 heteroatoms. The molecule has 0 N–H and O–H groups in total. The van der Waals surface area contributed by atoms with Gasteiger partial charge in [-0.05, 0) is 32.1 Å². The van der Waals surface area contributed by atoms with E-state index < -0.39 is 0 Å². The van der Waals surface area contributed by atoms with Gasteiger partial charge in [-0.15, -0.1) is 0 Å². The Labute approximate surface area is 155 Å². The molecule has 2 aromatic rings. The number of amides is 1. The van der Waals surface area contributed by atoms with Gasteiger partial charge in [-0.2, -0.15) is 0 Å². The smallest absolute Gasteiger partial charge is 0.225 e. The Morgan fingerprint density at radius 1 is 0.962 bits per heavy atom. The molecule has 1 amide bonds. The van der Waals surface area contributed by atoms with E-state index in [1.807, 2.05) is 24.4 Å². The summed E-state index contributed by atoms with van der Waals surface area (Å²) in [6, 6.07) is 10.2. The Morgan fingerprint density at radius 2 is 1.69 bits per heavy atom. The molecule has 1 aromatic heterocycles. The minimum atomic E-state index is 0.175. The fraction of sp³-hybridized carbons (Fsp3) is 0.476. The van der Waals surface area contributed by atoms with Crippen molar-refractivity contribution in [2.45, 2.75) is 32.1 Å². The molecule has 0 unspecified atom stereocenters. The van der Waals surface area contributed by atoms with Crippen LogP contribution in [0.15, 0.2) is 42.9 Å². The maximum atomic E-state index is 12.8. The first-order valence-corrected chi connectivity index (χ1v) is 9.72. The first-order valence-electron chi connectivity index (χ1n) is 9.72. The number of carbonyl (C=O) groups excluding carboxylic acids is 1. The highest BCUT2D eigenvalue weighted by Crippen LogP contribution is 2.31. The summed E-state index contributed by atoms with van der Waals surface area (Å²) in [5.41, 5.74) is 3.15. The molecule has 0 atom stereocenters. The van der Waals surface area contributed by atoms with Crippen LogP contribution in [0.25, 0.3) is 11.3 Å². The number of nitrogens with zero attached hydrogens (tertiary/aromatic N) is 4. The van der Waals surface area contributed by atoms with Crippen molar-refractivity contribution in [1.29, 1.82) is 0 Å². The zero-order valence-corrected chi connectivity index (χ0v) is 15.2. The number of carbonyl (C=O) groups is 1. The fourth-order valence-electron chi connectivity index (χ4n) is 4.11. The lowest BCUT2D eigenvalue weighted by Crippen LogP contribution is -2.44. The third kappa shape index (κ3) is 3.57. The topological polar surface area (TPSA) is 49.3 Å². The van der Waals surface area contributed by atoms with Crippen LogP contribution < -0.4 is 4.90 Å². The molecule has 136 valence electrons. The summed E-state index contributed by atoms with van der Waals surface area (Å²) in [5, 5.41) is 0. The van der Waals surface area contributed by atoms with E-state index in [4.69, 9.17) is 0 Å². The second-order valence-corrected chi connectivity index (χ2v) is 7.27. The third-order valence-electron chi connectivity index (χ3n) is 5.59. The summed E-state index contributed by atoms with van der Waals surface area (Å²) >= 11 is 0. The SMILES string of the molecule is O=C(C1CCN(c2cncnc2-c2ccccc2)CC1)N1CCCCC1. The van der Waals surface area contributed by atoms with E-state index in [1.54, 1.807) is 6.33 Å². The molecule has 0 radical (unpaired) electrons. The van der Waals surface area contributed by atoms with Gasteiger partial charge in [0.1, 0.15) is 6.33 Å². The first kappa shape index (κ1) is 17.0. The van der Waals surface area contributed by atoms with Crippen molar-refractivity contribution in [2.75, 3.05) is 31.1 Å². The van der Waals surface area contributed by atoms with Crippen LogP contribution in [0.3, 0.4) is 0 Å². The quantitative estimate of drug-likeness (QED) is 0.851. The van der Waals surface area contributed by atoms with E-state index in [0.29, 0.717) is 5.91 Å². The van der Waals surface area contributed by atoms with Gasteiger partial charge in [0, 0.05) is 37.7 Å². The molecule has 0 bridgehead atoms. The van der Waals surface area contributed by atoms with Crippen molar-refractivity contribution >= 4 is 11.6 Å². The minimum Gasteiger partial charge on any atom is -0.368 e. The Kier molecular flexibility index (Phi) is 5.14. The monoisotopic (exact) mass is 350 g/mol. The molecule has 0 spiro atoms. The average Bonchev–Trinajstić information content (AvgIpc) is 2.75. The molecule has 0 saturated carbocycles. The number of likely N-dealkylation sites (tertiary alicyclic amines) is 1. The van der Waals surface area contributed by atoms with Crippen LogP contribution >= 0.6 is 0 Å². The van der Waals surface area contributed by atoms with Gasteiger partial charge >= 0.3 is 0 Å². The number of benzene rings is 1. The van der Waals surface area contributed by atoms with Gasteiger partial charge in [0.2, 0.25) is 5.91 Å². The largest absolute Gasteiger partial charge is 0.368 e. The highest BCUT2D eigenvalue weighted by atomic mass is 16.2. The van der Waals surface area contributed by atoms with Crippen LogP contribution in [0.5, 0.6) is 0 Å². The lowest BCUT2D eigenvalue weighted by atomic mass is 9.93. The highest BCUT2D eigenvalue weighted by Gasteiger charge is 2.30. The predicted octanol–water partition coefficient (Wildman–Crippen LogP) is 3.37. The van der Waals surface area contributed by atoms with Gasteiger partial charge in [0.25, 0.3) is 0 Å². The van der Waals surface area contributed by atoms with Crippen molar-refractivity contribution in [1.82, 2.24) is 14.9 Å². The molecule has 1 aromatic carbocycles. The molecule has 2 aliphatic rings. The normalized spacial score (nSPS) is 18.8. The van der Waals surface area contributed by atoms with E-state index >= 15 is 0 Å². The second-order valence-electron chi connectivity index (χ2n) is 7.27. The first-order chi connectivity index (χ1) is 12.8. The van der Waals surface area contributed by atoms with Crippen LogP contribution in [0, 0.1) is 5.92 Å². The lowest BCUT2D eigenvalue weighted by Gasteiger charge is -2.36. The average molecular weight is 350 g/mol. The Balaban J connectivity index is 1.45. The van der Waals surface area contributed by atoms with E-state index in [9.17, 15) is 4.79 Å². The van der Waals surface area contributed by atoms with Crippen molar-refractivity contribution in [3.63, 3.8) is 0 Å². The number of rotatable bonds is 3. The molecule has 5 nitrogen and oxygen atoms in total. The Hall–Kier alpha value is -2.43. The van der Waals surface area contributed by atoms with Crippen LogP contribution in [0.1, 0.15) is 32.1 Å². The third-order valence-corrected chi connectivity index (χ3v) is 5.59. The van der Waals surface area contributed by atoms with E-state index in [2.05, 4.69) is 31.9 Å². The van der Waals surface area contributed by atoms with Crippen LogP contribution in [0.2, 0.25) is 0 Å². The van der Waals surface area contributed by atoms with Gasteiger partial charge in [-0.3, -0.25) is 4.79 Å². The lowest BCUT2D eigenvalue weighted by molar-refractivity contribution is -0.137. The van der Waals surface area contributed by atoms with E-state index in [0.717, 1.165) is 68.8 Å². The maximum absolute atomic E-state index is 12.8. The van der Waals surface area contributed by atoms with Crippen LogP contribution in [0.4, 0.5) is 5.69 Å². The Bertz CT molecular complexity index is 735. The fourth-order valence-corrected chi connectivity index (χ4v) is 4.11. The molecular weight excluding hydrogens is 324 g/mol. The molecule has 0 aliphatic carbocycles. The van der Waals surface area contributed by atoms with Gasteiger partial charge in [-0.1, -0.05) is 30.3 Å². The summed E-state index contributed by atoms with van der Waals surface area (Å²) in [6.45, 7) is 3.67. The second kappa shape index (κ2) is 7.85. The maximum Gasteiger partial charge on any atom is 0.225 e. The summed E-state index contributed by atoms with van der Waals surface area (Å²) < 4.78 is 0. The van der Waals surface area contributed by atoms with Crippen LogP contribution in [-0.2, 0) is 4.79 Å². The highest BCUT2D eigenvalue weighted by molar-refractivity contribution is 5.80. The molecule has 2 saturated heterocycles. The summed E-state index contributed by atoms with van der Waals surface area (Å²) in [4.78, 5) is 26.0. The number of aromatic nitrogens is 2. The van der Waals surface area contributed by atoms with Gasteiger partial charge in [0.15, 0.2) is 0 Å². The standard InChI is InChI=1S/C21H26N4O/c26-21(25-11-5-2-6-12-25)18-9-13-24(14-10-18)19-15-22-16-23-20(19)17-7-3-1-4-8-17/h1,3-4,7-8,15-16,18H,2,5-6,9-14H2. The van der Waals surface area contributed by atoms with Crippen molar-refractivity contribution in [2.24, 2.45) is 5.92 Å². The number of hydrogen-bond donors (Lipinski definition) is 0. The van der Waals surface area contributed by atoms with Gasteiger partial charge in [0.05, 0.1) is 17.6 Å². The number of piperidine rings is 2. The van der Waals surface area contributed by atoms with Crippen molar-refractivity contribution < 1.29 is 4.79 Å².